The Hall–Kier alpha value is 0.0600. The summed E-state index contributed by atoms with van der Waals surface area (Å²) in [5, 5.41) is 0. The fraction of sp³-hybridized carbons (Fsp3) is 1.00. The van der Waals surface area contributed by atoms with Crippen LogP contribution in [0.15, 0.2) is 0 Å². The van der Waals surface area contributed by atoms with Crippen molar-refractivity contribution in [3.8, 4) is 0 Å². The fourth-order valence-electron chi connectivity index (χ4n) is 0.523. The molecule has 8 heavy (non-hydrogen) atoms. The van der Waals surface area contributed by atoms with Crippen LogP contribution in [0.3, 0.4) is 0 Å². The number of rotatable bonds is 3. The lowest BCUT2D eigenvalue weighted by atomic mass is 10.3. The van der Waals surface area contributed by atoms with E-state index in [1.165, 1.54) is 0 Å². The molecule has 0 rings (SSSR count). The molecule has 0 aliphatic rings. The molecule has 48 valence electrons. The Morgan fingerprint density at radius 3 is 2.38 bits per heavy atom. The zero-order valence-corrected chi connectivity index (χ0v) is 6.15. The summed E-state index contributed by atoms with van der Waals surface area (Å²) in [5.74, 6) is 0. The fourth-order valence-corrected chi connectivity index (χ4v) is 0.992. The molecule has 3 heteroatoms. The first kappa shape index (κ1) is 8.06. The Labute approximate surface area is 50.8 Å². The Bertz CT molecular complexity index is 82.5. The highest BCUT2D eigenvalue weighted by Crippen LogP contribution is 2.20. The molecule has 0 radical (unpaired) electrons. The van der Waals surface area contributed by atoms with E-state index in [1.807, 2.05) is 6.92 Å². The molecule has 0 heterocycles. The van der Waals surface area contributed by atoms with Crippen molar-refractivity contribution in [2.24, 2.45) is 0 Å². The first-order valence-corrected chi connectivity index (χ1v) is 4.06. The zero-order valence-electron chi connectivity index (χ0n) is 5.26. The number of hydrogen-bond donors (Lipinski definition) is 0. The van der Waals surface area contributed by atoms with Crippen LogP contribution in [-0.2, 0) is 4.57 Å². The molecule has 2 unspecified atom stereocenters. The molecule has 0 aromatic heterocycles. The molecule has 0 N–H and O–H groups in total. The van der Waals surface area contributed by atoms with Crippen LogP contribution in [-0.4, -0.2) is 5.66 Å². The third kappa shape index (κ3) is 3.11. The van der Waals surface area contributed by atoms with Gasteiger partial charge in [-0.25, -0.2) is 0 Å². The molecule has 0 fully saturated rings. The second kappa shape index (κ2) is 3.99. The normalized spacial score (nSPS) is 15.6. The molecule has 0 aliphatic heterocycles. The molecule has 0 aromatic rings. The molecule has 0 saturated heterocycles. The van der Waals surface area contributed by atoms with Crippen molar-refractivity contribution in [2.75, 3.05) is 0 Å². The molecule has 0 aromatic carbocycles. The van der Waals surface area contributed by atoms with Crippen LogP contribution in [0, 0.1) is 0 Å². The summed E-state index contributed by atoms with van der Waals surface area (Å²) in [6.07, 6.45) is 1.74. The van der Waals surface area contributed by atoms with E-state index < -0.39 is 8.03 Å². The van der Waals surface area contributed by atoms with Crippen molar-refractivity contribution in [1.82, 2.24) is 0 Å². The second-order valence-electron chi connectivity index (χ2n) is 1.92. The van der Waals surface area contributed by atoms with Gasteiger partial charge in [-0.15, -0.1) is 0 Å². The zero-order chi connectivity index (χ0) is 6.57. The SMILES string of the molecule is CCCC(C)[P+](=O)[O-]. The van der Waals surface area contributed by atoms with Crippen LogP contribution in [0.1, 0.15) is 26.7 Å². The van der Waals surface area contributed by atoms with Crippen molar-refractivity contribution < 1.29 is 9.46 Å². The molecular weight excluding hydrogens is 123 g/mol. The predicted molar refractivity (Wildman–Crippen MR) is 32.0 cm³/mol. The van der Waals surface area contributed by atoms with Gasteiger partial charge in [-0.1, -0.05) is 17.9 Å². The standard InChI is InChI=1S/C5H11O2P/c1-3-4-5(2)8(6)7/h5H,3-4H2,1-2H3. The van der Waals surface area contributed by atoms with E-state index in [0.29, 0.717) is 0 Å². The third-order valence-corrected chi connectivity index (χ3v) is 2.04. The minimum absolute atomic E-state index is 0.130. The molecule has 0 saturated carbocycles. The van der Waals surface area contributed by atoms with Gasteiger partial charge in [0.1, 0.15) is 5.66 Å². The topological polar surface area (TPSA) is 40.1 Å². The van der Waals surface area contributed by atoms with Crippen molar-refractivity contribution in [3.63, 3.8) is 0 Å². The molecule has 0 spiro atoms. The van der Waals surface area contributed by atoms with Gasteiger partial charge in [0, 0.05) is 0 Å². The predicted octanol–water partition coefficient (Wildman–Crippen LogP) is 1.28. The molecule has 0 bridgehead atoms. The maximum atomic E-state index is 10.1. The van der Waals surface area contributed by atoms with Crippen LogP contribution < -0.4 is 4.89 Å². The highest BCUT2D eigenvalue weighted by molar-refractivity contribution is 7.37. The lowest BCUT2D eigenvalue weighted by Gasteiger charge is -1.96. The monoisotopic (exact) mass is 134 g/mol. The number of hydrogen-bond acceptors (Lipinski definition) is 2. The van der Waals surface area contributed by atoms with E-state index in [9.17, 15) is 9.46 Å². The Morgan fingerprint density at radius 1 is 1.75 bits per heavy atom. The highest BCUT2D eigenvalue weighted by Gasteiger charge is 2.11. The average molecular weight is 134 g/mol. The minimum Gasteiger partial charge on any atom is -0.595 e. The van der Waals surface area contributed by atoms with E-state index in [0.717, 1.165) is 12.8 Å². The molecule has 0 aliphatic carbocycles. The van der Waals surface area contributed by atoms with Crippen LogP contribution in [0.4, 0.5) is 0 Å². The average Bonchev–Trinajstić information content (AvgIpc) is 1.67. The summed E-state index contributed by atoms with van der Waals surface area (Å²) in [6, 6.07) is 0. The van der Waals surface area contributed by atoms with Gasteiger partial charge in [-0.3, -0.25) is 0 Å². The van der Waals surface area contributed by atoms with Crippen molar-refractivity contribution in [2.45, 2.75) is 32.3 Å². The summed E-state index contributed by atoms with van der Waals surface area (Å²) in [6.45, 7) is 3.71. The first-order valence-electron chi connectivity index (χ1n) is 2.82. The summed E-state index contributed by atoms with van der Waals surface area (Å²) in [5.41, 5.74) is -0.130. The van der Waals surface area contributed by atoms with E-state index >= 15 is 0 Å². The maximum absolute atomic E-state index is 10.1. The Kier molecular flexibility index (Phi) is 4.02. The van der Waals surface area contributed by atoms with Crippen LogP contribution in [0.25, 0.3) is 0 Å². The first-order chi connectivity index (χ1) is 3.68. The van der Waals surface area contributed by atoms with Gasteiger partial charge in [0.2, 0.25) is 0 Å². The summed E-state index contributed by atoms with van der Waals surface area (Å²) < 4.78 is 10.1. The van der Waals surface area contributed by atoms with Crippen LogP contribution in [0.2, 0.25) is 0 Å². The minimum atomic E-state index is -2.17. The van der Waals surface area contributed by atoms with Crippen molar-refractivity contribution in [3.05, 3.63) is 0 Å². The third-order valence-electron chi connectivity index (χ3n) is 1.07. The maximum Gasteiger partial charge on any atom is 0.311 e. The van der Waals surface area contributed by atoms with Gasteiger partial charge < -0.3 is 4.89 Å². The molecule has 2 nitrogen and oxygen atoms in total. The van der Waals surface area contributed by atoms with Gasteiger partial charge in [0.05, 0.1) is 0 Å². The Balaban J connectivity index is 3.32. The largest absolute Gasteiger partial charge is 0.595 e. The van der Waals surface area contributed by atoms with E-state index in [4.69, 9.17) is 0 Å². The quantitative estimate of drug-likeness (QED) is 0.545. The van der Waals surface area contributed by atoms with Gasteiger partial charge in [0.25, 0.3) is 0 Å². The van der Waals surface area contributed by atoms with Crippen LogP contribution in [0.5, 0.6) is 0 Å². The second-order valence-corrected chi connectivity index (χ2v) is 3.38. The smallest absolute Gasteiger partial charge is 0.311 e. The lowest BCUT2D eigenvalue weighted by molar-refractivity contribution is -0.166. The molecular formula is C5H11O2P. The van der Waals surface area contributed by atoms with E-state index in [2.05, 4.69) is 0 Å². The van der Waals surface area contributed by atoms with Crippen LogP contribution >= 0.6 is 8.03 Å². The van der Waals surface area contributed by atoms with E-state index in [1.54, 1.807) is 6.92 Å². The van der Waals surface area contributed by atoms with Gasteiger partial charge >= 0.3 is 8.03 Å². The van der Waals surface area contributed by atoms with Gasteiger partial charge in [0.15, 0.2) is 0 Å². The molecule has 2 atom stereocenters. The Morgan fingerprint density at radius 2 is 2.25 bits per heavy atom. The van der Waals surface area contributed by atoms with Gasteiger partial charge in [-0.2, -0.15) is 0 Å². The summed E-state index contributed by atoms with van der Waals surface area (Å²) >= 11 is 0. The highest BCUT2D eigenvalue weighted by atomic mass is 31.1. The molecule has 0 amide bonds. The summed E-state index contributed by atoms with van der Waals surface area (Å²) in [4.78, 5) is 10.1. The van der Waals surface area contributed by atoms with E-state index in [-0.39, 0.29) is 5.66 Å². The van der Waals surface area contributed by atoms with Gasteiger partial charge in [-0.05, 0) is 13.3 Å². The lowest BCUT2D eigenvalue weighted by Crippen LogP contribution is -2.02. The van der Waals surface area contributed by atoms with Crippen molar-refractivity contribution >= 4 is 8.03 Å². The summed E-state index contributed by atoms with van der Waals surface area (Å²) in [7, 11) is -2.17. The van der Waals surface area contributed by atoms with Crippen molar-refractivity contribution in [1.29, 1.82) is 0 Å².